The number of aromatic nitrogens is 1. The molecule has 2 heterocycles. The molecular formula is C21H18F3N3O5. The minimum Gasteiger partial charge on any atom is -0.506 e. The van der Waals surface area contributed by atoms with Crippen molar-refractivity contribution in [1.82, 2.24) is 10.3 Å². The molecule has 1 aliphatic heterocycles. The second-order valence-corrected chi connectivity index (χ2v) is 6.87. The largest absolute Gasteiger partial charge is 0.506 e. The Morgan fingerprint density at radius 2 is 1.84 bits per heavy atom. The number of phenols is 1. The van der Waals surface area contributed by atoms with Gasteiger partial charge in [0.15, 0.2) is 0 Å². The van der Waals surface area contributed by atoms with Crippen molar-refractivity contribution < 1.29 is 38.1 Å². The maximum Gasteiger partial charge on any atom is 0.490 e. The number of aliphatic hydroxyl groups excluding tert-OH is 1. The highest BCUT2D eigenvalue weighted by Crippen LogP contribution is 2.47. The first-order valence-corrected chi connectivity index (χ1v) is 9.24. The molecule has 3 aromatic rings. The number of nitrogens with zero attached hydrogens (tertiary/aromatic N) is 1. The van der Waals surface area contributed by atoms with Gasteiger partial charge in [0.25, 0.3) is 0 Å². The van der Waals surface area contributed by atoms with Crippen LogP contribution >= 0.6 is 0 Å². The molecule has 0 spiro atoms. The third-order valence-electron chi connectivity index (χ3n) is 4.65. The molecule has 0 fully saturated rings. The second-order valence-electron chi connectivity index (χ2n) is 6.87. The minimum atomic E-state index is -5.08. The summed E-state index contributed by atoms with van der Waals surface area (Å²) >= 11 is 0. The summed E-state index contributed by atoms with van der Waals surface area (Å²) in [5.74, 6) is -2.98. The van der Waals surface area contributed by atoms with Crippen molar-refractivity contribution in [1.29, 1.82) is 0 Å². The summed E-state index contributed by atoms with van der Waals surface area (Å²) < 4.78 is 31.7. The number of nitrogens with one attached hydrogen (secondary N) is 2. The number of para-hydroxylation sites is 1. The van der Waals surface area contributed by atoms with Crippen LogP contribution in [0.3, 0.4) is 0 Å². The van der Waals surface area contributed by atoms with E-state index >= 15 is 0 Å². The molecule has 8 nitrogen and oxygen atoms in total. The number of fused-ring (bicyclic) bond motifs is 2. The van der Waals surface area contributed by atoms with Crippen LogP contribution in [0.1, 0.15) is 18.6 Å². The van der Waals surface area contributed by atoms with Crippen LogP contribution in [-0.4, -0.2) is 44.9 Å². The number of aromatic hydroxyl groups is 1. The van der Waals surface area contributed by atoms with Crippen molar-refractivity contribution in [3.63, 3.8) is 0 Å². The van der Waals surface area contributed by atoms with E-state index in [2.05, 4.69) is 15.6 Å². The highest BCUT2D eigenvalue weighted by Gasteiger charge is 2.38. The summed E-state index contributed by atoms with van der Waals surface area (Å²) in [5.41, 5.74) is 4.56. The Balaban J connectivity index is 0.000000360. The highest BCUT2D eigenvalue weighted by atomic mass is 19.4. The van der Waals surface area contributed by atoms with E-state index in [9.17, 15) is 28.2 Å². The number of aliphatic carboxylic acids is 1. The van der Waals surface area contributed by atoms with Gasteiger partial charge in [-0.15, -0.1) is 0 Å². The lowest BCUT2D eigenvalue weighted by Crippen LogP contribution is -2.26. The van der Waals surface area contributed by atoms with E-state index in [-0.39, 0.29) is 18.2 Å². The van der Waals surface area contributed by atoms with Crippen molar-refractivity contribution in [3.05, 3.63) is 48.2 Å². The first kappa shape index (κ1) is 22.8. The topological polar surface area (TPSA) is 132 Å². The van der Waals surface area contributed by atoms with Crippen LogP contribution in [-0.2, 0) is 9.59 Å². The molecule has 1 aromatic heterocycles. The first-order valence-electron chi connectivity index (χ1n) is 9.24. The fraction of sp³-hybridized carbons (Fsp3) is 0.190. The Bertz CT molecular complexity index is 1200. The average Bonchev–Trinajstić information content (AvgIpc) is 2.74. The quantitative estimate of drug-likeness (QED) is 0.303. The number of carboxylic acids is 1. The van der Waals surface area contributed by atoms with Crippen molar-refractivity contribution in [2.24, 2.45) is 0 Å². The SMILES string of the molecule is CC(=O)NCC(O)c1cc(O)c2nccc3c2c1Nc1ccccc1-3.O=C(O)C(F)(F)F. The van der Waals surface area contributed by atoms with Crippen LogP contribution in [0.5, 0.6) is 5.75 Å². The Morgan fingerprint density at radius 1 is 1.19 bits per heavy atom. The lowest BCUT2D eigenvalue weighted by atomic mass is 9.91. The summed E-state index contributed by atoms with van der Waals surface area (Å²) in [6.07, 6.45) is -4.38. The summed E-state index contributed by atoms with van der Waals surface area (Å²) in [7, 11) is 0. The third kappa shape index (κ3) is 4.57. The third-order valence-corrected chi connectivity index (χ3v) is 4.65. The van der Waals surface area contributed by atoms with Crippen LogP contribution in [0, 0.1) is 0 Å². The maximum absolute atomic E-state index is 11.1. The zero-order valence-electron chi connectivity index (χ0n) is 16.6. The molecule has 0 saturated carbocycles. The van der Waals surface area contributed by atoms with Crippen molar-refractivity contribution in [3.8, 4) is 16.9 Å². The molecule has 0 bridgehead atoms. The van der Waals surface area contributed by atoms with Crippen LogP contribution in [0.25, 0.3) is 22.0 Å². The number of hydrogen-bond donors (Lipinski definition) is 5. The molecule has 1 unspecified atom stereocenters. The normalized spacial score (nSPS) is 12.7. The molecule has 32 heavy (non-hydrogen) atoms. The van der Waals surface area contributed by atoms with Gasteiger partial charge >= 0.3 is 12.1 Å². The van der Waals surface area contributed by atoms with Crippen LogP contribution in [0.15, 0.2) is 42.6 Å². The number of benzene rings is 2. The van der Waals surface area contributed by atoms with Crippen LogP contribution in [0.4, 0.5) is 24.5 Å². The first-order chi connectivity index (χ1) is 15.0. The second kappa shape index (κ2) is 8.71. The maximum atomic E-state index is 11.1. The number of rotatable bonds is 3. The van der Waals surface area contributed by atoms with E-state index in [1.165, 1.54) is 13.0 Å². The highest BCUT2D eigenvalue weighted by molar-refractivity contribution is 6.12. The van der Waals surface area contributed by atoms with E-state index in [4.69, 9.17) is 9.90 Å². The number of carbonyl (C=O) groups is 2. The fourth-order valence-corrected chi connectivity index (χ4v) is 3.28. The van der Waals surface area contributed by atoms with Gasteiger partial charge in [-0.1, -0.05) is 18.2 Å². The smallest absolute Gasteiger partial charge is 0.490 e. The van der Waals surface area contributed by atoms with E-state index < -0.39 is 18.2 Å². The number of hydrogen-bond acceptors (Lipinski definition) is 6. The molecule has 11 heteroatoms. The molecule has 1 atom stereocenters. The van der Waals surface area contributed by atoms with Gasteiger partial charge in [-0.2, -0.15) is 13.2 Å². The van der Waals surface area contributed by atoms with E-state index in [0.29, 0.717) is 16.8 Å². The summed E-state index contributed by atoms with van der Waals surface area (Å²) in [6.45, 7) is 1.46. The number of carbonyl (C=O) groups excluding carboxylic acids is 1. The molecule has 1 amide bonds. The Hall–Kier alpha value is -3.86. The van der Waals surface area contributed by atoms with Gasteiger partial charge < -0.3 is 26.0 Å². The van der Waals surface area contributed by atoms with E-state index in [0.717, 1.165) is 22.2 Å². The lowest BCUT2D eigenvalue weighted by Gasteiger charge is -2.26. The molecule has 2 aromatic carbocycles. The van der Waals surface area contributed by atoms with Crippen molar-refractivity contribution in [2.75, 3.05) is 11.9 Å². The van der Waals surface area contributed by atoms with Crippen molar-refractivity contribution >= 4 is 34.2 Å². The number of pyridine rings is 1. The summed E-state index contributed by atoms with van der Waals surface area (Å²) in [5, 5.41) is 34.8. The number of aliphatic hydroxyl groups is 1. The number of alkyl halides is 3. The molecule has 0 aliphatic carbocycles. The standard InChI is InChI=1S/C19H17N3O3.C2HF3O2/c1-10(23)21-9-16(25)13-8-15(24)19-17-12(6-7-20-19)11-4-2-3-5-14(11)22-18(13)17;3-2(4,5)1(6)7/h2-8,16,22,24-25H,9H2,1H3,(H,21,23);(H,6,7). The van der Waals surface area contributed by atoms with Gasteiger partial charge in [0.2, 0.25) is 5.91 Å². The number of amides is 1. The molecule has 4 rings (SSSR count). The van der Waals surface area contributed by atoms with Gasteiger partial charge in [-0.25, -0.2) is 4.79 Å². The Morgan fingerprint density at radius 3 is 2.47 bits per heavy atom. The Kier molecular flexibility index (Phi) is 6.21. The summed E-state index contributed by atoms with van der Waals surface area (Å²) in [4.78, 5) is 24.3. The molecule has 0 radical (unpaired) electrons. The average molecular weight is 449 g/mol. The number of carboxylic acid groups (broad SMARTS) is 1. The fourth-order valence-electron chi connectivity index (χ4n) is 3.28. The molecule has 1 aliphatic rings. The van der Waals surface area contributed by atoms with E-state index in [1.54, 1.807) is 6.20 Å². The van der Waals surface area contributed by atoms with Gasteiger partial charge in [0, 0.05) is 41.9 Å². The monoisotopic (exact) mass is 449 g/mol. The Labute approximate surface area is 179 Å². The molecular weight excluding hydrogens is 431 g/mol. The van der Waals surface area contributed by atoms with Crippen LogP contribution < -0.4 is 10.6 Å². The lowest BCUT2D eigenvalue weighted by molar-refractivity contribution is -0.192. The zero-order chi connectivity index (χ0) is 23.6. The van der Waals surface area contributed by atoms with Crippen molar-refractivity contribution in [2.45, 2.75) is 19.2 Å². The predicted molar refractivity (Wildman–Crippen MR) is 109 cm³/mol. The minimum absolute atomic E-state index is 0.00124. The van der Waals surface area contributed by atoms with Gasteiger partial charge in [-0.05, 0) is 23.8 Å². The number of halogens is 3. The molecule has 0 saturated heterocycles. The number of anilines is 2. The van der Waals surface area contributed by atoms with Gasteiger partial charge in [0.1, 0.15) is 11.3 Å². The number of phenolic OH excluding ortho intramolecular Hbond substituents is 1. The molecule has 168 valence electrons. The van der Waals surface area contributed by atoms with E-state index in [1.807, 2.05) is 30.3 Å². The predicted octanol–water partition coefficient (Wildman–Crippen LogP) is 3.47. The van der Waals surface area contributed by atoms with Gasteiger partial charge in [-0.3, -0.25) is 9.78 Å². The zero-order valence-corrected chi connectivity index (χ0v) is 16.6. The summed E-state index contributed by atoms with van der Waals surface area (Å²) in [6, 6.07) is 11.2. The van der Waals surface area contributed by atoms with Crippen LogP contribution in [0.2, 0.25) is 0 Å². The molecule has 5 N–H and O–H groups in total. The van der Waals surface area contributed by atoms with Gasteiger partial charge in [0.05, 0.1) is 11.8 Å².